The molecule has 2 amide bonds. The summed E-state index contributed by atoms with van der Waals surface area (Å²) in [5, 5.41) is 15.3. The second-order valence-electron chi connectivity index (χ2n) is 8.82. The van der Waals surface area contributed by atoms with Crippen molar-refractivity contribution in [2.75, 3.05) is 31.9 Å². The first-order valence-electron chi connectivity index (χ1n) is 11.8. The predicted molar refractivity (Wildman–Crippen MR) is 141 cm³/mol. The first-order chi connectivity index (χ1) is 16.6. The van der Waals surface area contributed by atoms with Crippen LogP contribution in [0.3, 0.4) is 0 Å². The summed E-state index contributed by atoms with van der Waals surface area (Å²) in [6, 6.07) is 7.79. The molecule has 3 heterocycles. The number of carbonyl (C=O) groups excluding carboxylic acids is 2. The van der Waals surface area contributed by atoms with E-state index in [1.807, 2.05) is 33.8 Å². The molecule has 5 rings (SSSR count). The summed E-state index contributed by atoms with van der Waals surface area (Å²) < 4.78 is 1.97. The number of hydrogen-bond donors (Lipinski definition) is 2. The van der Waals surface area contributed by atoms with Crippen LogP contribution >= 0.6 is 40.3 Å². The predicted octanol–water partition coefficient (Wildman–Crippen LogP) is 2.33. The number of fused-ring (bicyclic) bond motifs is 2. The fraction of sp³-hybridized carbons (Fsp3) is 0.522. The third kappa shape index (κ3) is 6.00. The highest BCUT2D eigenvalue weighted by Crippen LogP contribution is 2.28. The highest BCUT2D eigenvalue weighted by Gasteiger charge is 2.48. The highest BCUT2D eigenvalue weighted by atomic mass is 79.9. The zero-order chi connectivity index (χ0) is 23.5. The lowest BCUT2D eigenvalue weighted by molar-refractivity contribution is -0.126. The quantitative estimate of drug-likeness (QED) is 0.170. The number of likely N-dealkylation sites (tertiary alicyclic amines) is 1. The minimum absolute atomic E-state index is 0. The number of nitrogens with zero attached hydrogens (tertiary/aromatic N) is 5. The van der Waals surface area contributed by atoms with Crippen LogP contribution in [0.1, 0.15) is 24.2 Å². The van der Waals surface area contributed by atoms with E-state index in [0.29, 0.717) is 32.7 Å². The van der Waals surface area contributed by atoms with Gasteiger partial charge >= 0.3 is 0 Å². The monoisotopic (exact) mass is 581 g/mol. The molecule has 1 aromatic heterocycles. The third-order valence-electron chi connectivity index (χ3n) is 6.58. The van der Waals surface area contributed by atoms with Crippen LogP contribution in [0.2, 0.25) is 5.02 Å². The lowest BCUT2D eigenvalue weighted by Crippen LogP contribution is -2.43. The summed E-state index contributed by atoms with van der Waals surface area (Å²) in [6.07, 6.45) is 4.37. The van der Waals surface area contributed by atoms with Gasteiger partial charge in [0.15, 0.2) is 5.96 Å². The number of thioether (sulfide) groups is 1. The maximum absolute atomic E-state index is 12.1. The van der Waals surface area contributed by atoms with Crippen molar-refractivity contribution in [3.8, 4) is 0 Å². The minimum Gasteiger partial charge on any atom is -0.355 e. The Morgan fingerprint density at radius 1 is 1.14 bits per heavy atom. The fourth-order valence-corrected chi connectivity index (χ4v) is 5.69. The van der Waals surface area contributed by atoms with Crippen LogP contribution in [0.15, 0.2) is 34.2 Å². The normalized spacial score (nSPS) is 21.4. The van der Waals surface area contributed by atoms with Gasteiger partial charge in [0.1, 0.15) is 0 Å². The van der Waals surface area contributed by atoms with Gasteiger partial charge in [0.25, 0.3) is 0 Å². The second kappa shape index (κ2) is 11.7. The molecule has 2 aromatic rings. The molecule has 2 fully saturated rings. The topological polar surface area (TPSA) is 105 Å². The van der Waals surface area contributed by atoms with Crippen molar-refractivity contribution in [3.05, 3.63) is 40.7 Å². The number of amides is 2. The molecule has 12 heteroatoms. The lowest BCUT2D eigenvalue weighted by Gasteiger charge is -2.23. The number of nitrogens with one attached hydrogen (secondary N) is 2. The standard InChI is InChI=1S/C23H28ClN7O2S.BrH/c24-15-5-7-16(8-6-15)34-12-10-26-23(30-13-17-18(14-30)22(33)27-21(17)32)25-9-11-31-20-4-2-1-3-19(20)28-29-31;/h5-8,17-18H,1-4,9-14H2,(H,25,26)(H,27,32,33);1H/t17-,18+;. The van der Waals surface area contributed by atoms with Gasteiger partial charge in [-0.2, -0.15) is 0 Å². The highest BCUT2D eigenvalue weighted by molar-refractivity contribution is 8.93. The van der Waals surface area contributed by atoms with Gasteiger partial charge in [-0.25, -0.2) is 4.68 Å². The summed E-state index contributed by atoms with van der Waals surface area (Å²) >= 11 is 7.70. The Morgan fingerprint density at radius 3 is 2.60 bits per heavy atom. The van der Waals surface area contributed by atoms with Gasteiger partial charge in [0.2, 0.25) is 11.8 Å². The Labute approximate surface area is 224 Å². The molecular formula is C23H29BrClN7O2S. The van der Waals surface area contributed by atoms with Crippen molar-refractivity contribution in [1.29, 1.82) is 0 Å². The van der Waals surface area contributed by atoms with Gasteiger partial charge in [-0.05, 0) is 49.9 Å². The van der Waals surface area contributed by atoms with E-state index in [9.17, 15) is 9.59 Å². The number of carbonyl (C=O) groups is 2. The number of aryl methyl sites for hydroxylation is 1. The maximum Gasteiger partial charge on any atom is 0.232 e. The van der Waals surface area contributed by atoms with Crippen molar-refractivity contribution in [1.82, 2.24) is 30.5 Å². The Morgan fingerprint density at radius 2 is 1.86 bits per heavy atom. The molecule has 0 radical (unpaired) electrons. The molecule has 0 unspecified atom stereocenters. The van der Waals surface area contributed by atoms with Gasteiger partial charge in [0, 0.05) is 35.3 Å². The summed E-state index contributed by atoms with van der Waals surface area (Å²) in [6.45, 7) is 2.91. The largest absolute Gasteiger partial charge is 0.355 e. The Hall–Kier alpha value is -2.11. The average Bonchev–Trinajstić information content (AvgIpc) is 3.53. The van der Waals surface area contributed by atoms with Crippen molar-refractivity contribution >= 4 is 58.1 Å². The van der Waals surface area contributed by atoms with E-state index in [1.54, 1.807) is 11.8 Å². The third-order valence-corrected chi connectivity index (χ3v) is 7.84. The number of aliphatic imine (C=N–C) groups is 1. The maximum atomic E-state index is 12.1. The van der Waals surface area contributed by atoms with Gasteiger partial charge in [-0.15, -0.1) is 33.8 Å². The molecule has 9 nitrogen and oxygen atoms in total. The molecule has 1 aromatic carbocycles. The lowest BCUT2D eigenvalue weighted by atomic mass is 10.00. The Balaban J connectivity index is 0.00000289. The van der Waals surface area contributed by atoms with Crippen molar-refractivity contribution < 1.29 is 9.59 Å². The molecule has 2 saturated heterocycles. The molecule has 1 aliphatic carbocycles. The van der Waals surface area contributed by atoms with Crippen molar-refractivity contribution in [2.24, 2.45) is 16.8 Å². The van der Waals surface area contributed by atoms with E-state index < -0.39 is 0 Å². The number of guanidine groups is 1. The molecule has 0 bridgehead atoms. The molecule has 2 atom stereocenters. The van der Waals surface area contributed by atoms with Crippen LogP contribution in [0.4, 0.5) is 0 Å². The molecule has 188 valence electrons. The average molecular weight is 583 g/mol. The molecule has 3 aliphatic rings. The molecule has 2 aliphatic heterocycles. The summed E-state index contributed by atoms with van der Waals surface area (Å²) in [5.74, 6) is 0.627. The number of benzene rings is 1. The minimum atomic E-state index is -0.301. The second-order valence-corrected chi connectivity index (χ2v) is 10.4. The van der Waals surface area contributed by atoms with Gasteiger partial charge < -0.3 is 10.2 Å². The molecule has 2 N–H and O–H groups in total. The van der Waals surface area contributed by atoms with E-state index >= 15 is 0 Å². The summed E-state index contributed by atoms with van der Waals surface area (Å²) in [5.41, 5.74) is 2.35. The van der Waals surface area contributed by atoms with Gasteiger partial charge in [-0.3, -0.25) is 19.9 Å². The van der Waals surface area contributed by atoms with Gasteiger partial charge in [-0.1, -0.05) is 16.8 Å². The zero-order valence-electron chi connectivity index (χ0n) is 19.3. The zero-order valence-corrected chi connectivity index (χ0v) is 22.6. The Bertz CT molecular complexity index is 1070. The number of imide groups is 1. The SMILES string of the molecule is Br.O=C1NC(=O)[C@@H]2CN(C(=NCCn3nnc4c3CCCC4)NCCSc3ccc(Cl)cc3)C[C@H]12. The number of halogens is 2. The molecule has 0 saturated carbocycles. The van der Waals surface area contributed by atoms with Crippen LogP contribution < -0.4 is 10.6 Å². The van der Waals surface area contributed by atoms with Crippen molar-refractivity contribution in [2.45, 2.75) is 37.1 Å². The number of aromatic nitrogens is 3. The molecule has 0 spiro atoms. The number of rotatable bonds is 7. The van der Waals surface area contributed by atoms with Crippen molar-refractivity contribution in [3.63, 3.8) is 0 Å². The van der Waals surface area contributed by atoms with E-state index in [1.165, 1.54) is 18.5 Å². The van der Waals surface area contributed by atoms with E-state index in [-0.39, 0.29) is 40.6 Å². The summed E-state index contributed by atoms with van der Waals surface area (Å²) in [4.78, 5) is 32.3. The smallest absolute Gasteiger partial charge is 0.232 e. The summed E-state index contributed by atoms with van der Waals surface area (Å²) in [7, 11) is 0. The van der Waals surface area contributed by atoms with Crippen LogP contribution in [-0.4, -0.2) is 69.6 Å². The van der Waals surface area contributed by atoms with E-state index in [2.05, 4.69) is 20.9 Å². The number of hydrogen-bond acceptors (Lipinski definition) is 6. The van der Waals surface area contributed by atoms with Crippen LogP contribution in [-0.2, 0) is 29.0 Å². The van der Waals surface area contributed by atoms with Crippen LogP contribution in [0.5, 0.6) is 0 Å². The Kier molecular flexibility index (Phi) is 8.72. The van der Waals surface area contributed by atoms with Crippen LogP contribution in [0, 0.1) is 11.8 Å². The fourth-order valence-electron chi connectivity index (χ4n) is 4.80. The molecule has 35 heavy (non-hydrogen) atoms. The first-order valence-corrected chi connectivity index (χ1v) is 13.1. The molecular weight excluding hydrogens is 554 g/mol. The van der Waals surface area contributed by atoms with Crippen LogP contribution in [0.25, 0.3) is 0 Å². The van der Waals surface area contributed by atoms with E-state index in [4.69, 9.17) is 16.6 Å². The first kappa shape index (κ1) is 26.0. The van der Waals surface area contributed by atoms with E-state index in [0.717, 1.165) is 40.2 Å². The van der Waals surface area contributed by atoms with Gasteiger partial charge in [0.05, 0.1) is 36.3 Å².